The van der Waals surface area contributed by atoms with E-state index in [-0.39, 0.29) is 6.04 Å². The number of nitrogens with zero attached hydrogens (tertiary/aromatic N) is 1. The van der Waals surface area contributed by atoms with Crippen molar-refractivity contribution in [1.82, 2.24) is 4.98 Å². The Morgan fingerprint density at radius 3 is 2.44 bits per heavy atom. The molecule has 0 aliphatic rings. The van der Waals surface area contributed by atoms with Crippen molar-refractivity contribution >= 4 is 5.57 Å². The molecule has 1 heterocycles. The van der Waals surface area contributed by atoms with Crippen molar-refractivity contribution in [3.63, 3.8) is 0 Å². The van der Waals surface area contributed by atoms with Crippen LogP contribution in [0.15, 0.2) is 49.7 Å². The summed E-state index contributed by atoms with van der Waals surface area (Å²) in [5.41, 5.74) is 8.76. The standard InChI is InChI=1S/C14H18N2.C2H6/c1-4-6-13(5-2)14-8-7-12(10-16-14)9-11(3)15;1-2/h4-8,10-11H,1-2,9,15H2,3H3;1-2H3/b13-6+;. The van der Waals surface area contributed by atoms with Crippen LogP contribution >= 0.6 is 0 Å². The smallest absolute Gasteiger partial charge is 0.0701 e. The van der Waals surface area contributed by atoms with E-state index in [0.717, 1.165) is 23.3 Å². The maximum Gasteiger partial charge on any atom is 0.0701 e. The first kappa shape index (κ1) is 16.3. The second kappa shape index (κ2) is 9.37. The average molecular weight is 244 g/mol. The molecule has 2 heteroatoms. The van der Waals surface area contributed by atoms with Crippen LogP contribution in [0.3, 0.4) is 0 Å². The van der Waals surface area contributed by atoms with Gasteiger partial charge in [-0.25, -0.2) is 0 Å². The van der Waals surface area contributed by atoms with Gasteiger partial charge < -0.3 is 5.73 Å². The summed E-state index contributed by atoms with van der Waals surface area (Å²) >= 11 is 0. The van der Waals surface area contributed by atoms with Crippen LogP contribution in [0.4, 0.5) is 0 Å². The molecule has 98 valence electrons. The van der Waals surface area contributed by atoms with Crippen molar-refractivity contribution in [3.05, 3.63) is 61.0 Å². The van der Waals surface area contributed by atoms with E-state index in [9.17, 15) is 0 Å². The molecule has 18 heavy (non-hydrogen) atoms. The minimum atomic E-state index is 0.162. The average Bonchev–Trinajstić information content (AvgIpc) is 2.39. The number of rotatable bonds is 5. The summed E-state index contributed by atoms with van der Waals surface area (Å²) in [5, 5.41) is 0. The molecule has 2 N–H and O–H groups in total. The minimum Gasteiger partial charge on any atom is -0.328 e. The minimum absolute atomic E-state index is 0.162. The zero-order valence-corrected chi connectivity index (χ0v) is 11.7. The van der Waals surface area contributed by atoms with E-state index >= 15 is 0 Å². The molecule has 0 aliphatic heterocycles. The normalized spacial score (nSPS) is 12.1. The van der Waals surface area contributed by atoms with Crippen molar-refractivity contribution in [2.75, 3.05) is 0 Å². The van der Waals surface area contributed by atoms with E-state index in [1.807, 2.05) is 45.2 Å². The van der Waals surface area contributed by atoms with Crippen LogP contribution in [0.1, 0.15) is 32.0 Å². The first-order valence-corrected chi connectivity index (χ1v) is 6.33. The summed E-state index contributed by atoms with van der Waals surface area (Å²) in [7, 11) is 0. The second-order valence-electron chi connectivity index (χ2n) is 3.79. The SMILES string of the molecule is C=C/C=C(\C=C)c1ccc(CC(C)N)cn1.CC. The lowest BCUT2D eigenvalue weighted by atomic mass is 10.1. The maximum absolute atomic E-state index is 5.73. The Kier molecular flexibility index (Phi) is 8.50. The Labute approximate surface area is 111 Å². The van der Waals surface area contributed by atoms with E-state index in [4.69, 9.17) is 5.73 Å². The number of hydrogen-bond acceptors (Lipinski definition) is 2. The predicted octanol–water partition coefficient (Wildman–Crippen LogP) is 3.75. The molecule has 1 aromatic rings. The van der Waals surface area contributed by atoms with Crippen LogP contribution in [0.5, 0.6) is 0 Å². The lowest BCUT2D eigenvalue weighted by Gasteiger charge is -2.06. The lowest BCUT2D eigenvalue weighted by molar-refractivity contribution is 0.735. The molecular formula is C16H24N2. The van der Waals surface area contributed by atoms with Gasteiger partial charge in [0.25, 0.3) is 0 Å². The molecule has 1 rings (SSSR count). The molecule has 0 fully saturated rings. The molecule has 0 aromatic carbocycles. The first-order chi connectivity index (χ1) is 8.67. The molecule has 1 unspecified atom stereocenters. The summed E-state index contributed by atoms with van der Waals surface area (Å²) < 4.78 is 0. The summed E-state index contributed by atoms with van der Waals surface area (Å²) in [6.07, 6.45) is 8.10. The summed E-state index contributed by atoms with van der Waals surface area (Å²) in [6.45, 7) is 13.4. The highest BCUT2D eigenvalue weighted by molar-refractivity contribution is 5.72. The van der Waals surface area contributed by atoms with Crippen molar-refractivity contribution < 1.29 is 0 Å². The van der Waals surface area contributed by atoms with Gasteiger partial charge in [0, 0.05) is 12.2 Å². The molecule has 1 atom stereocenters. The summed E-state index contributed by atoms with van der Waals surface area (Å²) in [5.74, 6) is 0. The number of allylic oxidation sites excluding steroid dienone is 4. The van der Waals surface area contributed by atoms with Gasteiger partial charge in [-0.2, -0.15) is 0 Å². The third-order valence-corrected chi connectivity index (χ3v) is 2.20. The van der Waals surface area contributed by atoms with Crippen LogP contribution in [-0.4, -0.2) is 11.0 Å². The quantitative estimate of drug-likeness (QED) is 0.801. The second-order valence-corrected chi connectivity index (χ2v) is 3.79. The van der Waals surface area contributed by atoms with E-state index in [2.05, 4.69) is 18.1 Å². The summed E-state index contributed by atoms with van der Waals surface area (Å²) in [4.78, 5) is 4.38. The van der Waals surface area contributed by atoms with Crippen LogP contribution in [0.25, 0.3) is 5.57 Å². The van der Waals surface area contributed by atoms with Crippen molar-refractivity contribution in [2.45, 2.75) is 33.2 Å². The predicted molar refractivity (Wildman–Crippen MR) is 81.3 cm³/mol. The Morgan fingerprint density at radius 1 is 1.39 bits per heavy atom. The third kappa shape index (κ3) is 5.60. The Hall–Kier alpha value is -1.67. The fraction of sp³-hybridized carbons (Fsp3) is 0.312. The highest BCUT2D eigenvalue weighted by Crippen LogP contribution is 2.13. The maximum atomic E-state index is 5.73. The van der Waals surface area contributed by atoms with Crippen molar-refractivity contribution in [3.8, 4) is 0 Å². The monoisotopic (exact) mass is 244 g/mol. The Balaban J connectivity index is 0.00000137. The molecule has 0 radical (unpaired) electrons. The number of aromatic nitrogens is 1. The molecule has 0 amide bonds. The van der Waals surface area contributed by atoms with Gasteiger partial charge in [0.15, 0.2) is 0 Å². The Bertz CT molecular complexity index is 386. The number of pyridine rings is 1. The summed E-state index contributed by atoms with van der Waals surface area (Å²) in [6, 6.07) is 4.19. The molecule has 0 aliphatic carbocycles. The van der Waals surface area contributed by atoms with Crippen LogP contribution in [-0.2, 0) is 6.42 Å². The van der Waals surface area contributed by atoms with Gasteiger partial charge in [0.05, 0.1) is 5.69 Å². The van der Waals surface area contributed by atoms with Crippen molar-refractivity contribution in [2.24, 2.45) is 5.73 Å². The molecular weight excluding hydrogens is 220 g/mol. The van der Waals surface area contributed by atoms with Gasteiger partial charge in [0.1, 0.15) is 0 Å². The molecule has 0 spiro atoms. The fourth-order valence-corrected chi connectivity index (χ4v) is 1.47. The van der Waals surface area contributed by atoms with E-state index in [0.29, 0.717) is 0 Å². The van der Waals surface area contributed by atoms with Crippen molar-refractivity contribution in [1.29, 1.82) is 0 Å². The van der Waals surface area contributed by atoms with E-state index < -0.39 is 0 Å². The number of hydrogen-bond donors (Lipinski definition) is 1. The molecule has 1 aromatic heterocycles. The molecule has 0 saturated carbocycles. The van der Waals surface area contributed by atoms with Crippen LogP contribution in [0.2, 0.25) is 0 Å². The largest absolute Gasteiger partial charge is 0.328 e. The zero-order chi connectivity index (χ0) is 14.0. The highest BCUT2D eigenvalue weighted by Gasteiger charge is 2.01. The zero-order valence-electron chi connectivity index (χ0n) is 11.7. The van der Waals surface area contributed by atoms with Gasteiger partial charge in [-0.1, -0.05) is 51.3 Å². The van der Waals surface area contributed by atoms with E-state index in [1.54, 1.807) is 12.2 Å². The number of nitrogens with two attached hydrogens (primary N) is 1. The Morgan fingerprint density at radius 2 is 2.06 bits per heavy atom. The molecule has 0 bridgehead atoms. The fourth-order valence-electron chi connectivity index (χ4n) is 1.47. The highest BCUT2D eigenvalue weighted by atomic mass is 14.7. The van der Waals surface area contributed by atoms with Gasteiger partial charge in [0.2, 0.25) is 0 Å². The molecule has 0 saturated heterocycles. The van der Waals surface area contributed by atoms with Crippen LogP contribution < -0.4 is 5.73 Å². The van der Waals surface area contributed by atoms with E-state index in [1.165, 1.54) is 0 Å². The van der Waals surface area contributed by atoms with Gasteiger partial charge in [-0.3, -0.25) is 4.98 Å². The first-order valence-electron chi connectivity index (χ1n) is 6.33. The van der Waals surface area contributed by atoms with Crippen LogP contribution in [0, 0.1) is 0 Å². The van der Waals surface area contributed by atoms with Gasteiger partial charge >= 0.3 is 0 Å². The lowest BCUT2D eigenvalue weighted by Crippen LogP contribution is -2.17. The van der Waals surface area contributed by atoms with Gasteiger partial charge in [-0.05, 0) is 30.5 Å². The van der Waals surface area contributed by atoms with Gasteiger partial charge in [-0.15, -0.1) is 0 Å². The topological polar surface area (TPSA) is 38.9 Å². The third-order valence-electron chi connectivity index (χ3n) is 2.20. The molecule has 2 nitrogen and oxygen atoms in total.